The molecule has 0 N–H and O–H groups in total. The molecular weight excluding hydrogens is 413 g/mol. The number of ether oxygens (including phenoxy) is 2. The quantitative estimate of drug-likeness (QED) is 0.600. The second kappa shape index (κ2) is 8.33. The molecule has 1 heterocycles. The van der Waals surface area contributed by atoms with Gasteiger partial charge >= 0.3 is 6.18 Å². The standard InChI is InChI=1S/C22H21F3N2O4/c1-5-27-12-17(15-10-18(30-3)19(31-4)11-16(15)21(27)29)20(28)26(2)14-8-6-7-13(9-14)22(23,24)25/h6-12H,5H2,1-4H3. The molecule has 0 saturated carbocycles. The van der Waals surface area contributed by atoms with Gasteiger partial charge in [-0.25, -0.2) is 0 Å². The van der Waals surface area contributed by atoms with Crippen LogP contribution in [-0.2, 0) is 12.7 Å². The highest BCUT2D eigenvalue weighted by atomic mass is 19.4. The largest absolute Gasteiger partial charge is 0.493 e. The van der Waals surface area contributed by atoms with Crippen LogP contribution < -0.4 is 19.9 Å². The van der Waals surface area contributed by atoms with E-state index >= 15 is 0 Å². The van der Waals surface area contributed by atoms with Crippen LogP contribution in [0.1, 0.15) is 22.8 Å². The third-order valence-corrected chi connectivity index (χ3v) is 5.03. The summed E-state index contributed by atoms with van der Waals surface area (Å²) in [7, 11) is 4.23. The summed E-state index contributed by atoms with van der Waals surface area (Å²) in [6, 6.07) is 7.49. The number of carbonyl (C=O) groups excluding carboxylic acids is 1. The van der Waals surface area contributed by atoms with Crippen molar-refractivity contribution in [3.63, 3.8) is 0 Å². The summed E-state index contributed by atoms with van der Waals surface area (Å²) >= 11 is 0. The molecule has 3 aromatic rings. The molecule has 31 heavy (non-hydrogen) atoms. The second-order valence-corrected chi connectivity index (χ2v) is 6.80. The number of aromatic nitrogens is 1. The molecule has 0 bridgehead atoms. The molecule has 0 spiro atoms. The summed E-state index contributed by atoms with van der Waals surface area (Å²) < 4.78 is 51.2. The molecule has 2 aromatic carbocycles. The second-order valence-electron chi connectivity index (χ2n) is 6.80. The Morgan fingerprint density at radius 3 is 2.23 bits per heavy atom. The van der Waals surface area contributed by atoms with Crippen molar-refractivity contribution in [2.75, 3.05) is 26.2 Å². The van der Waals surface area contributed by atoms with E-state index in [1.807, 2.05) is 0 Å². The van der Waals surface area contributed by atoms with E-state index in [4.69, 9.17) is 9.47 Å². The maximum Gasteiger partial charge on any atom is 0.416 e. The van der Waals surface area contributed by atoms with Crippen molar-refractivity contribution in [3.8, 4) is 11.5 Å². The zero-order chi connectivity index (χ0) is 22.9. The van der Waals surface area contributed by atoms with Gasteiger partial charge in [0.25, 0.3) is 11.5 Å². The zero-order valence-electron chi connectivity index (χ0n) is 17.4. The number of aryl methyl sites for hydroxylation is 1. The molecule has 0 saturated heterocycles. The zero-order valence-corrected chi connectivity index (χ0v) is 17.4. The topological polar surface area (TPSA) is 60.8 Å². The third kappa shape index (κ3) is 4.08. The number of carbonyl (C=O) groups is 1. The molecule has 6 nitrogen and oxygen atoms in total. The number of anilines is 1. The molecule has 3 rings (SSSR count). The Kier molecular flexibility index (Phi) is 5.97. The van der Waals surface area contributed by atoms with Crippen molar-refractivity contribution in [2.24, 2.45) is 0 Å². The lowest BCUT2D eigenvalue weighted by Gasteiger charge is -2.21. The van der Waals surface area contributed by atoms with Gasteiger partial charge in [0.2, 0.25) is 0 Å². The molecule has 0 unspecified atom stereocenters. The third-order valence-electron chi connectivity index (χ3n) is 5.03. The Morgan fingerprint density at radius 1 is 1.06 bits per heavy atom. The first-order valence-corrected chi connectivity index (χ1v) is 9.36. The Hall–Kier alpha value is -3.49. The Morgan fingerprint density at radius 2 is 1.68 bits per heavy atom. The smallest absolute Gasteiger partial charge is 0.416 e. The van der Waals surface area contributed by atoms with Crippen molar-refractivity contribution in [3.05, 3.63) is 64.1 Å². The number of nitrogens with zero attached hydrogens (tertiary/aromatic N) is 2. The molecule has 164 valence electrons. The highest BCUT2D eigenvalue weighted by molar-refractivity contribution is 6.14. The number of hydrogen-bond donors (Lipinski definition) is 0. The lowest BCUT2D eigenvalue weighted by molar-refractivity contribution is -0.137. The molecule has 0 radical (unpaired) electrons. The summed E-state index contributed by atoms with van der Waals surface area (Å²) in [6.45, 7) is 2.05. The van der Waals surface area contributed by atoms with Gasteiger partial charge in [0.15, 0.2) is 11.5 Å². The Labute approximate surface area is 176 Å². The summed E-state index contributed by atoms with van der Waals surface area (Å²) in [5.74, 6) is 0.0729. The molecule has 0 fully saturated rings. The van der Waals surface area contributed by atoms with Gasteiger partial charge in [-0.05, 0) is 37.3 Å². The van der Waals surface area contributed by atoms with Crippen molar-refractivity contribution < 1.29 is 27.4 Å². The highest BCUT2D eigenvalue weighted by Crippen LogP contribution is 2.34. The van der Waals surface area contributed by atoms with E-state index in [0.717, 1.165) is 17.0 Å². The minimum absolute atomic E-state index is 0.0719. The number of rotatable bonds is 5. The fourth-order valence-corrected chi connectivity index (χ4v) is 3.31. The van der Waals surface area contributed by atoms with Crippen LogP contribution in [0.4, 0.5) is 18.9 Å². The molecule has 9 heteroatoms. The van der Waals surface area contributed by atoms with Gasteiger partial charge in [-0.15, -0.1) is 0 Å². The number of methoxy groups -OCH3 is 2. The highest BCUT2D eigenvalue weighted by Gasteiger charge is 2.31. The summed E-state index contributed by atoms with van der Waals surface area (Å²) in [6.07, 6.45) is -3.13. The van der Waals surface area contributed by atoms with Crippen LogP contribution in [0.15, 0.2) is 47.4 Å². The average molecular weight is 434 g/mol. The number of halogens is 3. The van der Waals surface area contributed by atoms with Gasteiger partial charge in [0, 0.05) is 30.9 Å². The summed E-state index contributed by atoms with van der Waals surface area (Å²) in [5, 5.41) is 0.555. The minimum atomic E-state index is -4.54. The van der Waals surface area contributed by atoms with E-state index in [-0.39, 0.29) is 22.2 Å². The molecule has 0 aliphatic heterocycles. The van der Waals surface area contributed by atoms with Crippen molar-refractivity contribution in [1.82, 2.24) is 4.57 Å². The Bertz CT molecular complexity index is 1200. The molecule has 0 atom stereocenters. The molecule has 1 amide bonds. The van der Waals surface area contributed by atoms with Gasteiger partial charge in [0.1, 0.15) is 0 Å². The van der Waals surface area contributed by atoms with Crippen LogP contribution >= 0.6 is 0 Å². The first-order chi connectivity index (χ1) is 14.6. The van der Waals surface area contributed by atoms with E-state index in [1.54, 1.807) is 6.92 Å². The average Bonchev–Trinajstić information content (AvgIpc) is 2.77. The molecule has 1 aromatic heterocycles. The van der Waals surface area contributed by atoms with E-state index in [0.29, 0.717) is 23.4 Å². The van der Waals surface area contributed by atoms with Gasteiger partial charge in [0.05, 0.1) is 30.7 Å². The maximum absolute atomic E-state index is 13.3. The predicted octanol–water partition coefficient (Wildman–Crippen LogP) is 4.33. The van der Waals surface area contributed by atoms with Gasteiger partial charge in [-0.1, -0.05) is 6.07 Å². The van der Waals surface area contributed by atoms with Crippen LogP contribution in [0.5, 0.6) is 11.5 Å². The molecule has 0 aliphatic rings. The van der Waals surface area contributed by atoms with Crippen molar-refractivity contribution >= 4 is 22.4 Å². The number of amides is 1. The summed E-state index contributed by atoms with van der Waals surface area (Å²) in [5.41, 5.74) is -0.962. The fourth-order valence-electron chi connectivity index (χ4n) is 3.31. The normalized spacial score (nSPS) is 11.5. The van der Waals surface area contributed by atoms with E-state index < -0.39 is 17.6 Å². The Balaban J connectivity index is 2.20. The lowest BCUT2D eigenvalue weighted by atomic mass is 10.0. The maximum atomic E-state index is 13.3. The lowest BCUT2D eigenvalue weighted by Crippen LogP contribution is -2.29. The number of fused-ring (bicyclic) bond motifs is 1. The van der Waals surface area contributed by atoms with Crippen molar-refractivity contribution in [2.45, 2.75) is 19.6 Å². The van der Waals surface area contributed by atoms with Gasteiger partial charge < -0.3 is 18.9 Å². The predicted molar refractivity (Wildman–Crippen MR) is 111 cm³/mol. The van der Waals surface area contributed by atoms with Gasteiger partial charge in [-0.3, -0.25) is 9.59 Å². The summed E-state index contributed by atoms with van der Waals surface area (Å²) in [4.78, 5) is 27.2. The monoisotopic (exact) mass is 434 g/mol. The first kappa shape index (κ1) is 22.2. The number of hydrogen-bond acceptors (Lipinski definition) is 4. The van der Waals surface area contributed by atoms with Crippen LogP contribution in [0.2, 0.25) is 0 Å². The van der Waals surface area contributed by atoms with Crippen LogP contribution in [0.3, 0.4) is 0 Å². The van der Waals surface area contributed by atoms with Gasteiger partial charge in [-0.2, -0.15) is 13.2 Å². The molecule has 0 aliphatic carbocycles. The SMILES string of the molecule is CCn1cc(C(=O)N(C)c2cccc(C(F)(F)F)c2)c2cc(OC)c(OC)cc2c1=O. The minimum Gasteiger partial charge on any atom is -0.493 e. The van der Waals surface area contributed by atoms with E-state index in [2.05, 4.69) is 0 Å². The van der Waals surface area contributed by atoms with Crippen LogP contribution in [-0.4, -0.2) is 31.7 Å². The van der Waals surface area contributed by atoms with Crippen molar-refractivity contribution in [1.29, 1.82) is 0 Å². The number of alkyl halides is 3. The number of benzene rings is 2. The molecular formula is C22H21F3N2O4. The van der Waals surface area contributed by atoms with Crippen LogP contribution in [0.25, 0.3) is 10.8 Å². The first-order valence-electron chi connectivity index (χ1n) is 9.36. The van der Waals surface area contributed by atoms with E-state index in [1.165, 1.54) is 56.3 Å². The van der Waals surface area contributed by atoms with Crippen LogP contribution in [0, 0.1) is 0 Å². The number of pyridine rings is 1. The van der Waals surface area contributed by atoms with E-state index in [9.17, 15) is 22.8 Å². The fraction of sp³-hybridized carbons (Fsp3) is 0.273.